The molecule has 1 aliphatic heterocycles. The predicted octanol–water partition coefficient (Wildman–Crippen LogP) is 2.19. The third-order valence-electron chi connectivity index (χ3n) is 3.42. The smallest absolute Gasteiger partial charge is 0.152 e. The molecule has 0 radical (unpaired) electrons. The molecule has 0 unspecified atom stereocenters. The van der Waals surface area contributed by atoms with E-state index in [0.29, 0.717) is 17.6 Å². The third-order valence-corrected chi connectivity index (χ3v) is 3.42. The molecule has 2 nitrogen and oxygen atoms in total. The van der Waals surface area contributed by atoms with Crippen molar-refractivity contribution in [1.82, 2.24) is 4.90 Å². The second-order valence-corrected chi connectivity index (χ2v) is 5.25. The maximum atomic E-state index is 11.9. The van der Waals surface area contributed by atoms with Crippen molar-refractivity contribution in [3.63, 3.8) is 0 Å². The molecular formula is C12H23NO. The monoisotopic (exact) mass is 197 g/mol. The summed E-state index contributed by atoms with van der Waals surface area (Å²) in [5.41, 5.74) is 0. The summed E-state index contributed by atoms with van der Waals surface area (Å²) >= 11 is 0. The topological polar surface area (TPSA) is 20.3 Å². The summed E-state index contributed by atoms with van der Waals surface area (Å²) in [7, 11) is 2.08. The molecule has 82 valence electrons. The molecule has 1 aliphatic rings. The quantitative estimate of drug-likeness (QED) is 0.691. The number of hydrogen-bond donors (Lipinski definition) is 0. The summed E-state index contributed by atoms with van der Waals surface area (Å²) in [6.45, 7) is 9.58. The van der Waals surface area contributed by atoms with E-state index < -0.39 is 0 Å². The summed E-state index contributed by atoms with van der Waals surface area (Å²) in [4.78, 5) is 14.1. The number of likely N-dealkylation sites (N-methyl/N-ethyl adjacent to an activating group) is 1. The van der Waals surface area contributed by atoms with Gasteiger partial charge in [0.15, 0.2) is 5.78 Å². The highest BCUT2D eigenvalue weighted by molar-refractivity contribution is 5.86. The van der Waals surface area contributed by atoms with Gasteiger partial charge in [-0.3, -0.25) is 9.69 Å². The Balaban J connectivity index is 2.61. The predicted molar refractivity (Wildman–Crippen MR) is 59.2 cm³/mol. The summed E-state index contributed by atoms with van der Waals surface area (Å²) < 4.78 is 0. The Labute approximate surface area is 87.7 Å². The Morgan fingerprint density at radius 3 is 2.21 bits per heavy atom. The molecule has 0 aliphatic carbocycles. The number of likely N-dealkylation sites (tertiary alicyclic amines) is 1. The molecule has 0 spiro atoms. The van der Waals surface area contributed by atoms with Crippen molar-refractivity contribution in [3.8, 4) is 0 Å². The van der Waals surface area contributed by atoms with Crippen molar-refractivity contribution >= 4 is 5.78 Å². The molecule has 1 rings (SSSR count). The van der Waals surface area contributed by atoms with E-state index in [1.807, 2.05) is 13.8 Å². The molecule has 0 N–H and O–H groups in total. The van der Waals surface area contributed by atoms with E-state index >= 15 is 0 Å². The van der Waals surface area contributed by atoms with Gasteiger partial charge in [-0.25, -0.2) is 0 Å². The van der Waals surface area contributed by atoms with Gasteiger partial charge in [-0.2, -0.15) is 0 Å². The van der Waals surface area contributed by atoms with Gasteiger partial charge in [0.05, 0.1) is 6.04 Å². The number of carbonyl (C=O) groups is 1. The second-order valence-electron chi connectivity index (χ2n) is 5.25. The first-order chi connectivity index (χ1) is 6.43. The van der Waals surface area contributed by atoms with Crippen molar-refractivity contribution in [3.05, 3.63) is 0 Å². The van der Waals surface area contributed by atoms with Gasteiger partial charge in [0.2, 0.25) is 0 Å². The average Bonchev–Trinajstić information content (AvgIpc) is 2.46. The van der Waals surface area contributed by atoms with Crippen LogP contribution in [0.5, 0.6) is 0 Å². The zero-order valence-electron chi connectivity index (χ0n) is 10.1. The lowest BCUT2D eigenvalue weighted by Gasteiger charge is -2.19. The molecule has 0 amide bonds. The number of nitrogens with zero attached hydrogens (tertiary/aromatic N) is 1. The molecule has 14 heavy (non-hydrogen) atoms. The first-order valence-electron chi connectivity index (χ1n) is 5.67. The maximum Gasteiger partial charge on any atom is 0.152 e. The van der Waals surface area contributed by atoms with Gasteiger partial charge in [-0.15, -0.1) is 0 Å². The van der Waals surface area contributed by atoms with Crippen LogP contribution in [0.3, 0.4) is 0 Å². The van der Waals surface area contributed by atoms with E-state index in [9.17, 15) is 4.79 Å². The van der Waals surface area contributed by atoms with E-state index in [4.69, 9.17) is 0 Å². The molecule has 0 aromatic rings. The van der Waals surface area contributed by atoms with Crippen LogP contribution in [0.4, 0.5) is 0 Å². The van der Waals surface area contributed by atoms with Crippen LogP contribution in [0.2, 0.25) is 0 Å². The Bertz CT molecular complexity index is 210. The van der Waals surface area contributed by atoms with Crippen LogP contribution in [0.25, 0.3) is 0 Å². The van der Waals surface area contributed by atoms with Crippen LogP contribution in [0.15, 0.2) is 0 Å². The van der Waals surface area contributed by atoms with E-state index in [1.54, 1.807) is 0 Å². The van der Waals surface area contributed by atoms with Gasteiger partial charge in [0.25, 0.3) is 0 Å². The van der Waals surface area contributed by atoms with Gasteiger partial charge < -0.3 is 0 Å². The van der Waals surface area contributed by atoms with Crippen molar-refractivity contribution in [2.75, 3.05) is 13.6 Å². The first kappa shape index (κ1) is 11.7. The minimum atomic E-state index is 0.174. The normalized spacial score (nSPS) is 29.1. The highest BCUT2D eigenvalue weighted by Crippen LogP contribution is 2.29. The average molecular weight is 197 g/mol. The molecule has 1 saturated heterocycles. The Kier molecular flexibility index (Phi) is 3.71. The van der Waals surface area contributed by atoms with Gasteiger partial charge in [-0.05, 0) is 25.3 Å². The lowest BCUT2D eigenvalue weighted by molar-refractivity contribution is -0.125. The molecular weight excluding hydrogens is 174 g/mol. The number of hydrogen-bond acceptors (Lipinski definition) is 2. The molecule has 0 bridgehead atoms. The summed E-state index contributed by atoms with van der Waals surface area (Å²) in [6, 6.07) is 0.183. The minimum absolute atomic E-state index is 0.174. The molecule has 1 heterocycles. The molecule has 0 aromatic carbocycles. The number of rotatable bonds is 3. The van der Waals surface area contributed by atoms with Gasteiger partial charge >= 0.3 is 0 Å². The van der Waals surface area contributed by atoms with Crippen LogP contribution in [-0.2, 0) is 4.79 Å². The standard InChI is InChI=1S/C12H23NO/c1-8(2)10-6-11(13(5)7-10)12(14)9(3)4/h8-11H,6-7H2,1-5H3/t10-,11-/m0/s1. The van der Waals surface area contributed by atoms with Gasteiger partial charge in [0.1, 0.15) is 0 Å². The lowest BCUT2D eigenvalue weighted by atomic mass is 9.90. The summed E-state index contributed by atoms with van der Waals surface area (Å²) in [5.74, 6) is 1.99. The van der Waals surface area contributed by atoms with Crippen molar-refractivity contribution in [1.29, 1.82) is 0 Å². The van der Waals surface area contributed by atoms with Crippen LogP contribution in [-0.4, -0.2) is 30.3 Å². The van der Waals surface area contributed by atoms with E-state index in [-0.39, 0.29) is 12.0 Å². The highest BCUT2D eigenvalue weighted by Gasteiger charge is 2.36. The number of carbonyl (C=O) groups excluding carboxylic acids is 1. The fourth-order valence-corrected chi connectivity index (χ4v) is 2.24. The molecule has 2 heteroatoms. The zero-order valence-corrected chi connectivity index (χ0v) is 10.1. The molecule has 0 aromatic heterocycles. The van der Waals surface area contributed by atoms with Gasteiger partial charge in [0, 0.05) is 12.5 Å². The van der Waals surface area contributed by atoms with E-state index in [0.717, 1.165) is 13.0 Å². The van der Waals surface area contributed by atoms with Crippen molar-refractivity contribution < 1.29 is 4.79 Å². The van der Waals surface area contributed by atoms with Crippen molar-refractivity contribution in [2.24, 2.45) is 17.8 Å². The van der Waals surface area contributed by atoms with E-state index in [2.05, 4.69) is 25.8 Å². The van der Waals surface area contributed by atoms with Crippen LogP contribution in [0, 0.1) is 17.8 Å². The lowest BCUT2D eigenvalue weighted by Crippen LogP contribution is -2.35. The number of ketones is 1. The SMILES string of the molecule is CC(C)C(=O)[C@@H]1C[C@H](C(C)C)CN1C. The molecule has 0 saturated carbocycles. The fraction of sp³-hybridized carbons (Fsp3) is 0.917. The Morgan fingerprint density at radius 1 is 1.29 bits per heavy atom. The van der Waals surface area contributed by atoms with Gasteiger partial charge in [-0.1, -0.05) is 27.7 Å². The number of Topliss-reactive ketones (excluding diaryl/α,β-unsaturated/α-hetero) is 1. The largest absolute Gasteiger partial charge is 0.298 e. The highest BCUT2D eigenvalue weighted by atomic mass is 16.1. The maximum absolute atomic E-state index is 11.9. The fourth-order valence-electron chi connectivity index (χ4n) is 2.24. The molecule has 2 atom stereocenters. The summed E-state index contributed by atoms with van der Waals surface area (Å²) in [5, 5.41) is 0. The van der Waals surface area contributed by atoms with Crippen LogP contribution >= 0.6 is 0 Å². The molecule has 1 fully saturated rings. The van der Waals surface area contributed by atoms with Crippen LogP contribution in [0.1, 0.15) is 34.1 Å². The second kappa shape index (κ2) is 4.43. The van der Waals surface area contributed by atoms with Crippen molar-refractivity contribution in [2.45, 2.75) is 40.2 Å². The van der Waals surface area contributed by atoms with E-state index in [1.165, 1.54) is 0 Å². The minimum Gasteiger partial charge on any atom is -0.298 e. The summed E-state index contributed by atoms with van der Waals surface area (Å²) in [6.07, 6.45) is 1.06. The zero-order chi connectivity index (χ0) is 10.9. The van der Waals surface area contributed by atoms with Crippen LogP contribution < -0.4 is 0 Å². The first-order valence-corrected chi connectivity index (χ1v) is 5.67. The Hall–Kier alpha value is -0.370. The third kappa shape index (κ3) is 2.35. The Morgan fingerprint density at radius 2 is 1.86 bits per heavy atom.